The number of carbonyl (C=O) groups is 2. The summed E-state index contributed by atoms with van der Waals surface area (Å²) in [6.07, 6.45) is 1.25. The first-order chi connectivity index (χ1) is 13.9. The Morgan fingerprint density at radius 2 is 1.72 bits per heavy atom. The number of carbonyl (C=O) groups excluding carboxylic acids is 2. The van der Waals surface area contributed by atoms with Crippen LogP contribution in [-0.2, 0) is 0 Å². The molecule has 0 saturated carbocycles. The van der Waals surface area contributed by atoms with Crippen LogP contribution in [0.3, 0.4) is 0 Å². The van der Waals surface area contributed by atoms with Gasteiger partial charge >= 0.3 is 0 Å². The largest absolute Gasteiger partial charge is 0.508 e. The number of phenols is 2. The van der Waals surface area contributed by atoms with Crippen molar-refractivity contribution in [2.45, 2.75) is 6.92 Å². The second-order valence-electron chi connectivity index (χ2n) is 6.31. The van der Waals surface area contributed by atoms with E-state index in [2.05, 4.69) is 15.8 Å². The van der Waals surface area contributed by atoms with Crippen LogP contribution in [0.1, 0.15) is 31.8 Å². The number of para-hydroxylation sites is 1. The lowest BCUT2D eigenvalue weighted by Crippen LogP contribution is -2.21. The van der Waals surface area contributed by atoms with E-state index in [1.54, 1.807) is 42.5 Å². The average molecular weight is 389 g/mol. The molecule has 0 saturated heterocycles. The van der Waals surface area contributed by atoms with Crippen molar-refractivity contribution >= 4 is 23.7 Å². The summed E-state index contributed by atoms with van der Waals surface area (Å²) < 4.78 is 0. The van der Waals surface area contributed by atoms with Crippen molar-refractivity contribution in [3.8, 4) is 11.5 Å². The summed E-state index contributed by atoms with van der Waals surface area (Å²) in [4.78, 5) is 25.0. The predicted octanol–water partition coefficient (Wildman–Crippen LogP) is 3.42. The van der Waals surface area contributed by atoms with Crippen LogP contribution in [0.15, 0.2) is 71.8 Å². The number of aromatic hydroxyl groups is 2. The van der Waals surface area contributed by atoms with E-state index in [0.29, 0.717) is 16.8 Å². The zero-order valence-corrected chi connectivity index (χ0v) is 15.6. The van der Waals surface area contributed by atoms with Gasteiger partial charge in [-0.3, -0.25) is 9.59 Å². The molecule has 0 radical (unpaired) electrons. The van der Waals surface area contributed by atoms with Gasteiger partial charge in [0.05, 0.1) is 17.5 Å². The first-order valence-corrected chi connectivity index (χ1v) is 8.76. The van der Waals surface area contributed by atoms with Crippen molar-refractivity contribution < 1.29 is 19.8 Å². The van der Waals surface area contributed by atoms with Crippen LogP contribution in [0.2, 0.25) is 0 Å². The van der Waals surface area contributed by atoms with E-state index >= 15 is 0 Å². The fraction of sp³-hybridized carbons (Fsp3) is 0.0455. The minimum atomic E-state index is -0.528. The van der Waals surface area contributed by atoms with Gasteiger partial charge in [-0.2, -0.15) is 5.10 Å². The van der Waals surface area contributed by atoms with Gasteiger partial charge in [-0.1, -0.05) is 29.8 Å². The normalized spacial score (nSPS) is 10.7. The highest BCUT2D eigenvalue weighted by Gasteiger charge is 2.14. The van der Waals surface area contributed by atoms with Crippen molar-refractivity contribution in [3.05, 3.63) is 89.0 Å². The van der Waals surface area contributed by atoms with E-state index in [9.17, 15) is 19.8 Å². The third-order valence-corrected chi connectivity index (χ3v) is 4.08. The number of rotatable bonds is 5. The molecule has 0 heterocycles. The fourth-order valence-electron chi connectivity index (χ4n) is 2.63. The molecular formula is C22H19N3O4. The SMILES string of the molecule is Cc1cccc(C(=O)Nc2ccccc2C(=O)N/N=C\c2ccc(O)cc2O)c1. The number of nitrogens with zero attached hydrogens (tertiary/aromatic N) is 1. The molecule has 0 fully saturated rings. The molecule has 7 heteroatoms. The maximum atomic E-state index is 12.5. The van der Waals surface area contributed by atoms with Gasteiger partial charge < -0.3 is 15.5 Å². The summed E-state index contributed by atoms with van der Waals surface area (Å²) in [6.45, 7) is 1.89. The number of hydrogen-bond acceptors (Lipinski definition) is 5. The summed E-state index contributed by atoms with van der Waals surface area (Å²) in [5, 5.41) is 25.6. The molecule has 4 N–H and O–H groups in total. The van der Waals surface area contributed by atoms with Crippen molar-refractivity contribution in [2.75, 3.05) is 5.32 Å². The summed E-state index contributed by atoms with van der Waals surface area (Å²) in [6, 6.07) is 17.7. The van der Waals surface area contributed by atoms with Gasteiger partial charge in [0.15, 0.2) is 0 Å². The minimum absolute atomic E-state index is 0.0815. The van der Waals surface area contributed by atoms with Crippen LogP contribution in [-0.4, -0.2) is 28.2 Å². The summed E-state index contributed by atoms with van der Waals surface area (Å²) in [5.41, 5.74) is 4.71. The molecule has 3 aromatic carbocycles. The van der Waals surface area contributed by atoms with Gasteiger partial charge in [0.2, 0.25) is 0 Å². The molecule has 0 aromatic heterocycles. The highest BCUT2D eigenvalue weighted by atomic mass is 16.3. The Hall–Kier alpha value is -4.13. The average Bonchev–Trinajstić information content (AvgIpc) is 2.70. The maximum absolute atomic E-state index is 12.5. The predicted molar refractivity (Wildman–Crippen MR) is 110 cm³/mol. The molecule has 3 rings (SSSR count). The number of benzene rings is 3. The van der Waals surface area contributed by atoms with Crippen LogP contribution >= 0.6 is 0 Å². The molecule has 3 aromatic rings. The number of hydrogen-bond donors (Lipinski definition) is 4. The lowest BCUT2D eigenvalue weighted by Gasteiger charge is -2.10. The van der Waals surface area contributed by atoms with E-state index < -0.39 is 5.91 Å². The molecule has 146 valence electrons. The van der Waals surface area contributed by atoms with Crippen LogP contribution in [0.4, 0.5) is 5.69 Å². The van der Waals surface area contributed by atoms with Gasteiger partial charge in [-0.25, -0.2) is 5.43 Å². The van der Waals surface area contributed by atoms with Crippen molar-refractivity contribution in [2.24, 2.45) is 5.10 Å². The molecule has 2 amide bonds. The Balaban J connectivity index is 1.73. The topological polar surface area (TPSA) is 111 Å². The zero-order chi connectivity index (χ0) is 20.8. The van der Waals surface area contributed by atoms with Crippen LogP contribution < -0.4 is 10.7 Å². The van der Waals surface area contributed by atoms with E-state index in [1.807, 2.05) is 13.0 Å². The molecule has 0 atom stereocenters. The van der Waals surface area contributed by atoms with Gasteiger partial charge in [-0.05, 0) is 43.3 Å². The fourth-order valence-corrected chi connectivity index (χ4v) is 2.63. The monoisotopic (exact) mass is 389 g/mol. The quantitative estimate of drug-likeness (QED) is 0.396. The molecular weight excluding hydrogens is 370 g/mol. The highest BCUT2D eigenvalue weighted by molar-refractivity contribution is 6.09. The number of aryl methyl sites for hydroxylation is 1. The van der Waals surface area contributed by atoms with E-state index in [0.717, 1.165) is 5.56 Å². The number of phenolic OH excluding ortho intramolecular Hbond substituents is 2. The van der Waals surface area contributed by atoms with Gasteiger partial charge in [0.1, 0.15) is 11.5 Å². The first-order valence-electron chi connectivity index (χ1n) is 8.76. The third kappa shape index (κ3) is 4.98. The Morgan fingerprint density at radius 3 is 2.48 bits per heavy atom. The standard InChI is InChI=1S/C22H19N3O4/c1-14-5-4-6-15(11-14)21(28)24-19-8-3-2-7-18(19)22(29)25-23-13-16-9-10-17(26)12-20(16)27/h2-13,26-27H,1H3,(H,24,28)(H,25,29)/b23-13-. The van der Waals surface area contributed by atoms with Crippen LogP contribution in [0.5, 0.6) is 11.5 Å². The second kappa shape index (κ2) is 8.71. The lowest BCUT2D eigenvalue weighted by molar-refractivity contribution is 0.0956. The van der Waals surface area contributed by atoms with Crippen molar-refractivity contribution in [1.82, 2.24) is 5.43 Å². The van der Waals surface area contributed by atoms with Gasteiger partial charge in [-0.15, -0.1) is 0 Å². The highest BCUT2D eigenvalue weighted by Crippen LogP contribution is 2.21. The summed E-state index contributed by atoms with van der Waals surface area (Å²) >= 11 is 0. The first kappa shape index (κ1) is 19.6. The Kier molecular flexibility index (Phi) is 5.89. The van der Waals surface area contributed by atoms with Crippen LogP contribution in [0, 0.1) is 6.92 Å². The molecule has 0 unspecified atom stereocenters. The van der Waals surface area contributed by atoms with E-state index in [-0.39, 0.29) is 23.0 Å². The molecule has 0 aliphatic heterocycles. The van der Waals surface area contributed by atoms with Crippen molar-refractivity contribution in [3.63, 3.8) is 0 Å². The molecule has 7 nitrogen and oxygen atoms in total. The third-order valence-electron chi connectivity index (χ3n) is 4.08. The van der Waals surface area contributed by atoms with E-state index in [4.69, 9.17) is 0 Å². The number of anilines is 1. The molecule has 0 aliphatic rings. The van der Waals surface area contributed by atoms with Crippen LogP contribution in [0.25, 0.3) is 0 Å². The zero-order valence-electron chi connectivity index (χ0n) is 15.6. The second-order valence-corrected chi connectivity index (χ2v) is 6.31. The maximum Gasteiger partial charge on any atom is 0.273 e. The summed E-state index contributed by atoms with van der Waals surface area (Å²) in [5.74, 6) is -1.11. The number of hydrazone groups is 1. The molecule has 29 heavy (non-hydrogen) atoms. The minimum Gasteiger partial charge on any atom is -0.508 e. The van der Waals surface area contributed by atoms with Gasteiger partial charge in [0.25, 0.3) is 11.8 Å². The Labute approximate surface area is 167 Å². The molecule has 0 spiro atoms. The smallest absolute Gasteiger partial charge is 0.273 e. The van der Waals surface area contributed by atoms with Gasteiger partial charge in [0, 0.05) is 17.2 Å². The summed E-state index contributed by atoms with van der Waals surface area (Å²) in [7, 11) is 0. The van der Waals surface area contributed by atoms with Crippen molar-refractivity contribution in [1.29, 1.82) is 0 Å². The lowest BCUT2D eigenvalue weighted by atomic mass is 10.1. The Bertz CT molecular complexity index is 1090. The Morgan fingerprint density at radius 1 is 0.931 bits per heavy atom. The molecule has 0 aliphatic carbocycles. The number of amides is 2. The van der Waals surface area contributed by atoms with E-state index in [1.165, 1.54) is 24.4 Å². The number of nitrogens with one attached hydrogen (secondary N) is 2. The molecule has 0 bridgehead atoms.